The average Bonchev–Trinajstić information content (AvgIpc) is 2.51. The zero-order valence-electron chi connectivity index (χ0n) is 14.7. The molecule has 5 heteroatoms. The Labute approximate surface area is 143 Å². The van der Waals surface area contributed by atoms with Crippen molar-refractivity contribution in [3.63, 3.8) is 0 Å². The minimum atomic E-state index is -0.251. The van der Waals surface area contributed by atoms with Gasteiger partial charge in [-0.1, -0.05) is 32.1 Å². The first kappa shape index (κ1) is 16.9. The summed E-state index contributed by atoms with van der Waals surface area (Å²) in [4.78, 5) is 30.6. The van der Waals surface area contributed by atoms with Crippen LogP contribution < -0.4 is 5.32 Å². The second-order valence-corrected chi connectivity index (χ2v) is 7.33. The number of nitrogens with one attached hydrogen (secondary N) is 1. The molecule has 1 aliphatic heterocycles. The predicted molar refractivity (Wildman–Crippen MR) is 92.4 cm³/mol. The Morgan fingerprint density at radius 3 is 2.42 bits per heavy atom. The Balaban J connectivity index is 1.61. The van der Waals surface area contributed by atoms with Crippen LogP contribution in [0.25, 0.3) is 0 Å². The molecule has 0 spiro atoms. The average molecular weight is 329 g/mol. The SMILES string of the molecule is Cc1cc(CN2C(=O)C[C@@H](CC3CCCCC3)NC2=O)cc(C)n1. The van der Waals surface area contributed by atoms with E-state index in [0.717, 1.165) is 23.4 Å². The minimum Gasteiger partial charge on any atom is -0.334 e. The smallest absolute Gasteiger partial charge is 0.324 e. The highest BCUT2D eigenvalue weighted by molar-refractivity contribution is 5.97. The number of rotatable bonds is 4. The molecule has 24 heavy (non-hydrogen) atoms. The van der Waals surface area contributed by atoms with Gasteiger partial charge in [-0.15, -0.1) is 0 Å². The maximum atomic E-state index is 12.5. The summed E-state index contributed by atoms with van der Waals surface area (Å²) in [6.45, 7) is 4.18. The topological polar surface area (TPSA) is 62.3 Å². The highest BCUT2D eigenvalue weighted by Gasteiger charge is 2.33. The zero-order valence-corrected chi connectivity index (χ0v) is 14.7. The fraction of sp³-hybridized carbons (Fsp3) is 0.632. The molecule has 130 valence electrons. The van der Waals surface area contributed by atoms with Gasteiger partial charge in [0.2, 0.25) is 5.91 Å². The largest absolute Gasteiger partial charge is 0.334 e. The number of hydrogen-bond acceptors (Lipinski definition) is 3. The van der Waals surface area contributed by atoms with Crippen LogP contribution in [0.5, 0.6) is 0 Å². The number of urea groups is 1. The number of aromatic nitrogens is 1. The molecule has 1 aromatic rings. The molecule has 3 rings (SSSR count). The number of amides is 3. The maximum absolute atomic E-state index is 12.5. The van der Waals surface area contributed by atoms with Crippen LogP contribution in [0.3, 0.4) is 0 Å². The number of pyridine rings is 1. The number of hydrogen-bond donors (Lipinski definition) is 1. The van der Waals surface area contributed by atoms with E-state index in [4.69, 9.17) is 0 Å². The van der Waals surface area contributed by atoms with E-state index in [1.165, 1.54) is 37.0 Å². The minimum absolute atomic E-state index is 0.00487. The summed E-state index contributed by atoms with van der Waals surface area (Å²) in [7, 11) is 0. The van der Waals surface area contributed by atoms with Crippen molar-refractivity contribution in [2.75, 3.05) is 0 Å². The van der Waals surface area contributed by atoms with Crippen molar-refractivity contribution in [1.29, 1.82) is 0 Å². The number of carbonyl (C=O) groups is 2. The maximum Gasteiger partial charge on any atom is 0.324 e. The molecule has 1 atom stereocenters. The zero-order chi connectivity index (χ0) is 17.1. The number of nitrogens with zero attached hydrogens (tertiary/aromatic N) is 2. The summed E-state index contributed by atoms with van der Waals surface area (Å²) in [5.74, 6) is 0.598. The highest BCUT2D eigenvalue weighted by Crippen LogP contribution is 2.29. The molecule has 1 saturated carbocycles. The van der Waals surface area contributed by atoms with Gasteiger partial charge < -0.3 is 5.32 Å². The lowest BCUT2D eigenvalue weighted by Crippen LogP contribution is -2.54. The van der Waals surface area contributed by atoms with Crippen LogP contribution in [-0.2, 0) is 11.3 Å². The van der Waals surface area contributed by atoms with E-state index in [1.807, 2.05) is 26.0 Å². The fourth-order valence-electron chi connectivity index (χ4n) is 4.06. The van der Waals surface area contributed by atoms with Crippen molar-refractivity contribution in [3.05, 3.63) is 29.1 Å². The van der Waals surface area contributed by atoms with Crippen LogP contribution in [0.1, 0.15) is 61.9 Å². The number of carbonyl (C=O) groups excluding carboxylic acids is 2. The summed E-state index contributed by atoms with van der Waals surface area (Å²) < 4.78 is 0. The van der Waals surface area contributed by atoms with E-state index < -0.39 is 0 Å². The van der Waals surface area contributed by atoms with Crippen molar-refractivity contribution in [3.8, 4) is 0 Å². The van der Waals surface area contributed by atoms with E-state index in [1.54, 1.807) is 0 Å². The van der Waals surface area contributed by atoms with E-state index >= 15 is 0 Å². The first-order valence-electron chi connectivity index (χ1n) is 9.06. The monoisotopic (exact) mass is 329 g/mol. The molecule has 3 amide bonds. The second kappa shape index (κ2) is 7.32. The fourth-order valence-corrected chi connectivity index (χ4v) is 4.06. The number of imide groups is 1. The summed E-state index contributed by atoms with van der Waals surface area (Å²) in [5.41, 5.74) is 2.77. The van der Waals surface area contributed by atoms with Gasteiger partial charge in [-0.25, -0.2) is 4.79 Å². The third-order valence-electron chi connectivity index (χ3n) is 5.12. The van der Waals surface area contributed by atoms with Gasteiger partial charge in [0.15, 0.2) is 0 Å². The van der Waals surface area contributed by atoms with Crippen LogP contribution in [0.15, 0.2) is 12.1 Å². The molecule has 2 heterocycles. The highest BCUT2D eigenvalue weighted by atomic mass is 16.2. The molecular formula is C19H27N3O2. The third kappa shape index (κ3) is 4.13. The van der Waals surface area contributed by atoms with Crippen molar-refractivity contribution in [1.82, 2.24) is 15.2 Å². The summed E-state index contributed by atoms with van der Waals surface area (Å²) >= 11 is 0. The van der Waals surface area contributed by atoms with Crippen LogP contribution in [-0.4, -0.2) is 27.9 Å². The van der Waals surface area contributed by atoms with Crippen LogP contribution in [0, 0.1) is 19.8 Å². The molecule has 2 aliphatic rings. The van der Waals surface area contributed by atoms with Gasteiger partial charge in [-0.3, -0.25) is 14.7 Å². The van der Waals surface area contributed by atoms with Crippen molar-refractivity contribution in [2.24, 2.45) is 5.92 Å². The van der Waals surface area contributed by atoms with Crippen molar-refractivity contribution < 1.29 is 9.59 Å². The Morgan fingerprint density at radius 1 is 1.12 bits per heavy atom. The molecule has 2 fully saturated rings. The first-order chi connectivity index (χ1) is 11.5. The summed E-state index contributed by atoms with van der Waals surface area (Å²) in [5, 5.41) is 3.04. The third-order valence-corrected chi connectivity index (χ3v) is 5.12. The van der Waals surface area contributed by atoms with Gasteiger partial charge in [-0.05, 0) is 43.9 Å². The molecule has 1 aromatic heterocycles. The first-order valence-corrected chi connectivity index (χ1v) is 9.06. The summed E-state index contributed by atoms with van der Waals surface area (Å²) in [6.07, 6.45) is 7.73. The van der Waals surface area contributed by atoms with Crippen molar-refractivity contribution >= 4 is 11.9 Å². The van der Waals surface area contributed by atoms with E-state index in [-0.39, 0.29) is 18.0 Å². The Kier molecular flexibility index (Phi) is 5.17. The van der Waals surface area contributed by atoms with Crippen molar-refractivity contribution in [2.45, 2.75) is 71.4 Å². The Hall–Kier alpha value is -1.91. The van der Waals surface area contributed by atoms with Gasteiger partial charge in [0.05, 0.1) is 6.54 Å². The van der Waals surface area contributed by atoms with Gasteiger partial charge in [0.25, 0.3) is 0 Å². The quantitative estimate of drug-likeness (QED) is 0.920. The van der Waals surface area contributed by atoms with Crippen LogP contribution >= 0.6 is 0 Å². The molecule has 0 bridgehead atoms. The standard InChI is InChI=1S/C19H27N3O2/c1-13-8-16(9-14(2)20-13)12-22-18(23)11-17(21-19(22)24)10-15-6-4-3-5-7-15/h8-9,15,17H,3-7,10-12H2,1-2H3,(H,21,24)/t17-/m1/s1. The lowest BCUT2D eigenvalue weighted by molar-refractivity contribution is -0.130. The normalized spacial score (nSPS) is 22.6. The molecule has 5 nitrogen and oxygen atoms in total. The predicted octanol–water partition coefficient (Wildman–Crippen LogP) is 3.48. The van der Waals surface area contributed by atoms with E-state index in [2.05, 4.69) is 10.3 Å². The van der Waals surface area contributed by atoms with Gasteiger partial charge in [0.1, 0.15) is 0 Å². The molecule has 1 saturated heterocycles. The van der Waals surface area contributed by atoms with Gasteiger partial charge >= 0.3 is 6.03 Å². The lowest BCUT2D eigenvalue weighted by atomic mass is 9.84. The Bertz CT molecular complexity index is 585. The molecule has 1 aliphatic carbocycles. The molecular weight excluding hydrogens is 302 g/mol. The second-order valence-electron chi connectivity index (χ2n) is 7.33. The molecule has 0 unspecified atom stereocenters. The van der Waals surface area contributed by atoms with E-state index in [9.17, 15) is 9.59 Å². The Morgan fingerprint density at radius 2 is 1.79 bits per heavy atom. The van der Waals surface area contributed by atoms with E-state index in [0.29, 0.717) is 18.9 Å². The van der Waals surface area contributed by atoms with Gasteiger partial charge in [0, 0.05) is 23.9 Å². The number of aryl methyl sites for hydroxylation is 2. The van der Waals surface area contributed by atoms with Gasteiger partial charge in [-0.2, -0.15) is 0 Å². The molecule has 0 aromatic carbocycles. The lowest BCUT2D eigenvalue weighted by Gasteiger charge is -2.34. The summed E-state index contributed by atoms with van der Waals surface area (Å²) in [6, 6.07) is 3.62. The molecule has 0 radical (unpaired) electrons. The molecule has 1 N–H and O–H groups in total. The van der Waals surface area contributed by atoms with Crippen LogP contribution in [0.4, 0.5) is 4.79 Å². The van der Waals surface area contributed by atoms with Crippen LogP contribution in [0.2, 0.25) is 0 Å².